The maximum Gasteiger partial charge on any atom is 0.230 e. The minimum Gasteiger partial charge on any atom is -0.748 e. The number of imide groups is 1. The number of anilines is 1. The van der Waals surface area contributed by atoms with Gasteiger partial charge >= 0.3 is 0 Å². The van der Waals surface area contributed by atoms with Crippen molar-refractivity contribution >= 4 is 107 Å². The Bertz CT molecular complexity index is 4050. The SMILES string of the molecule is COCCOCCOCCOCCN1C(=CC=C(C)C=CC2=[N+](CCCCCC(=O)CN3C(=O)CCC3=O)c3ccc4c(S(=O)(=O)[O-])cc(S(=O)(=O)[O-])cc4c3C2(C)C)C(C)(CCCS(=O)(=O)[O-])c2c1ccc1c(S(=O)(=O)[O-])cc(S(=O)(=O)[O-])cc21. The number of hydrogen-bond acceptors (Lipinski definition) is 23. The van der Waals surface area contributed by atoms with Gasteiger partial charge in [0.25, 0.3) is 0 Å². The van der Waals surface area contributed by atoms with Gasteiger partial charge in [-0.3, -0.25) is 19.3 Å². The number of fused-ring (bicyclic) bond motifs is 6. The van der Waals surface area contributed by atoms with E-state index in [1.54, 1.807) is 70.1 Å². The lowest BCUT2D eigenvalue weighted by molar-refractivity contribution is -0.438. The zero-order valence-corrected chi connectivity index (χ0v) is 51.8. The Labute approximate surface area is 500 Å². The summed E-state index contributed by atoms with van der Waals surface area (Å²) in [6, 6.07) is 8.65. The van der Waals surface area contributed by atoms with Crippen LogP contribution in [0, 0.1) is 0 Å². The molecule has 3 aliphatic rings. The topological polar surface area (TPSA) is 384 Å². The van der Waals surface area contributed by atoms with E-state index in [1.807, 2.05) is 4.58 Å². The van der Waals surface area contributed by atoms with E-state index in [4.69, 9.17) is 18.9 Å². The largest absolute Gasteiger partial charge is 0.748 e. The maximum absolute atomic E-state index is 12.9. The zero-order chi connectivity index (χ0) is 63.4. The van der Waals surface area contributed by atoms with E-state index in [1.165, 1.54) is 18.2 Å². The predicted octanol–water partition coefficient (Wildman–Crippen LogP) is 4.45. The molecule has 3 aliphatic heterocycles. The first-order valence-electron chi connectivity index (χ1n) is 27.2. The summed E-state index contributed by atoms with van der Waals surface area (Å²) in [6.45, 7) is 8.47. The summed E-state index contributed by atoms with van der Waals surface area (Å²) in [7, 11) is -24.8. The van der Waals surface area contributed by atoms with E-state index < -0.39 is 98.6 Å². The lowest BCUT2D eigenvalue weighted by Crippen LogP contribution is -2.34. The summed E-state index contributed by atoms with van der Waals surface area (Å²) >= 11 is 0. The fourth-order valence-corrected chi connectivity index (χ4v) is 14.4. The number of rotatable bonds is 31. The predicted molar refractivity (Wildman–Crippen MR) is 306 cm³/mol. The lowest BCUT2D eigenvalue weighted by atomic mass is 9.75. The summed E-state index contributed by atoms with van der Waals surface area (Å²) in [6.07, 6.45) is 7.78. The summed E-state index contributed by atoms with van der Waals surface area (Å²) in [5.74, 6) is -1.99. The second kappa shape index (κ2) is 26.9. The maximum atomic E-state index is 12.9. The summed E-state index contributed by atoms with van der Waals surface area (Å²) in [5, 5.41) is -0.512. The van der Waals surface area contributed by atoms with Crippen molar-refractivity contribution in [2.45, 2.75) is 109 Å². The molecule has 7 rings (SSSR count). The van der Waals surface area contributed by atoms with Gasteiger partial charge in [0.1, 0.15) is 47.0 Å². The highest BCUT2D eigenvalue weighted by atomic mass is 32.2. The average Bonchev–Trinajstić information content (AvgIpc) is 1.56. The number of likely N-dealkylation sites (tertiary alicyclic amines) is 1. The van der Waals surface area contributed by atoms with Crippen LogP contribution in [0.25, 0.3) is 21.5 Å². The number of amides is 2. The van der Waals surface area contributed by atoms with Crippen LogP contribution in [0.1, 0.15) is 90.2 Å². The third kappa shape index (κ3) is 15.8. The number of nitrogens with zero attached hydrogens (tertiary/aromatic N) is 3. The fraction of sp³-hybridized carbons (Fsp3) is 0.464. The van der Waals surface area contributed by atoms with Crippen LogP contribution in [-0.2, 0) is 94.8 Å². The summed E-state index contributed by atoms with van der Waals surface area (Å²) < 4.78 is 212. The number of Topliss-reactive ketones (excluding diaryl/α,β-unsaturated/α-hetero) is 1. The van der Waals surface area contributed by atoms with Crippen LogP contribution in [0.4, 0.5) is 11.4 Å². The summed E-state index contributed by atoms with van der Waals surface area (Å²) in [4.78, 5) is 35.9. The molecular weight excluding hydrogens is 1230 g/mol. The van der Waals surface area contributed by atoms with Crippen molar-refractivity contribution in [3.05, 3.63) is 95.2 Å². The van der Waals surface area contributed by atoms with Crippen LogP contribution < -0.4 is 4.90 Å². The van der Waals surface area contributed by atoms with Crippen molar-refractivity contribution in [2.24, 2.45) is 0 Å². The number of ketones is 1. The van der Waals surface area contributed by atoms with Crippen LogP contribution in [0.3, 0.4) is 0 Å². The molecule has 1 saturated heterocycles. The Morgan fingerprint density at radius 3 is 1.71 bits per heavy atom. The molecule has 470 valence electrons. The minimum absolute atomic E-state index is 0.00176. The first kappa shape index (κ1) is 67.8. The fourth-order valence-electron chi connectivity index (χ4n) is 11.3. The second-order valence-electron chi connectivity index (χ2n) is 21.6. The number of allylic oxidation sites excluding steroid dienone is 6. The first-order valence-corrected chi connectivity index (χ1v) is 34.4. The Balaban J connectivity index is 1.32. The van der Waals surface area contributed by atoms with Crippen molar-refractivity contribution in [2.75, 3.05) is 83.6 Å². The molecule has 0 aliphatic carbocycles. The molecule has 86 heavy (non-hydrogen) atoms. The van der Waals surface area contributed by atoms with E-state index in [0.29, 0.717) is 85.1 Å². The molecule has 0 N–H and O–H groups in total. The van der Waals surface area contributed by atoms with Crippen LogP contribution >= 0.6 is 0 Å². The van der Waals surface area contributed by atoms with Gasteiger partial charge in [-0.05, 0) is 118 Å². The lowest BCUT2D eigenvalue weighted by Gasteiger charge is -2.31. The van der Waals surface area contributed by atoms with Gasteiger partial charge < -0.3 is 46.6 Å². The van der Waals surface area contributed by atoms with Gasteiger partial charge in [-0.1, -0.05) is 23.8 Å². The molecule has 1 unspecified atom stereocenters. The molecule has 4 aromatic carbocycles. The van der Waals surface area contributed by atoms with Gasteiger partial charge in [0, 0.05) is 85.0 Å². The highest BCUT2D eigenvalue weighted by Crippen LogP contribution is 2.54. The molecule has 0 aromatic heterocycles. The number of unbranched alkanes of at least 4 members (excludes halogenated alkanes) is 2. The minimum atomic E-state index is -5.45. The normalized spacial score (nSPS) is 18.3. The first-order chi connectivity index (χ1) is 40.1. The van der Waals surface area contributed by atoms with E-state index in [0.717, 1.165) is 17.0 Å². The Kier molecular flexibility index (Phi) is 21.2. The quantitative estimate of drug-likeness (QED) is 0.0221. The van der Waals surface area contributed by atoms with E-state index in [-0.39, 0.29) is 111 Å². The molecule has 25 nitrogen and oxygen atoms in total. The van der Waals surface area contributed by atoms with Crippen molar-refractivity contribution in [1.82, 2.24) is 4.90 Å². The van der Waals surface area contributed by atoms with Gasteiger partial charge in [0.2, 0.25) is 17.5 Å². The third-order valence-electron chi connectivity index (χ3n) is 15.3. The number of ether oxygens (including phenoxy) is 4. The van der Waals surface area contributed by atoms with Crippen molar-refractivity contribution in [3.63, 3.8) is 0 Å². The highest BCUT2D eigenvalue weighted by molar-refractivity contribution is 7.87. The number of benzene rings is 4. The molecule has 30 heteroatoms. The molecular formula is C56H65N3O22S5-4. The van der Waals surface area contributed by atoms with Gasteiger partial charge in [-0.2, -0.15) is 4.58 Å². The molecule has 0 radical (unpaired) electrons. The Morgan fingerprint density at radius 2 is 1.17 bits per heavy atom. The van der Waals surface area contributed by atoms with Gasteiger partial charge in [-0.15, -0.1) is 0 Å². The Hall–Kier alpha value is -5.71. The molecule has 2 amide bonds. The molecule has 1 fully saturated rings. The monoisotopic (exact) mass is 1290 g/mol. The van der Waals surface area contributed by atoms with Gasteiger partial charge in [0.15, 0.2) is 11.5 Å². The van der Waals surface area contributed by atoms with Crippen molar-refractivity contribution < 1.29 is 103 Å². The number of hydrogen-bond donors (Lipinski definition) is 0. The standard InChI is InChI=1S/C56H69N3O22S5/c1-37(11-17-49-55(2,3)53-43-32-39(83(66,67)68)34-47(85(72,73)74)41(43)13-15-45(53)57(49)22-8-6-7-10-38(60)36-59-51(61)19-20-52(59)62)12-18-50-56(4,21-9-31-82(63,64)65)54-44-33-40(84(69,70)71)35-48(86(75,76)77)42(44)14-16-46(54)58(50)23-24-79-27-28-81-30-29-80-26-25-78-5/h11-18,32-35H,6-10,19-31,36H2,1-5H3,(H4-,63,64,65,66,67,68,69,70,71,72,73,74,75,76,77)/p-4. The Morgan fingerprint density at radius 1 is 0.640 bits per heavy atom. The molecule has 0 bridgehead atoms. The van der Waals surface area contributed by atoms with Crippen LogP contribution in [0.5, 0.6) is 0 Å². The van der Waals surface area contributed by atoms with Crippen LogP contribution in [-0.4, -0.2) is 176 Å². The number of methoxy groups -OCH3 is 1. The summed E-state index contributed by atoms with van der Waals surface area (Å²) in [5.41, 5.74) is 0.247. The third-order valence-corrected chi connectivity index (χ3v) is 19.5. The van der Waals surface area contributed by atoms with Crippen molar-refractivity contribution in [3.8, 4) is 0 Å². The second-order valence-corrected chi connectivity index (χ2v) is 28.6. The number of carbonyl (C=O) groups excluding carboxylic acids is 3. The zero-order valence-electron chi connectivity index (χ0n) is 47.7. The highest BCUT2D eigenvalue weighted by Gasteiger charge is 2.47. The van der Waals surface area contributed by atoms with Crippen LogP contribution in [0.15, 0.2) is 104 Å². The number of carbonyl (C=O) groups is 3. The average molecular weight is 1290 g/mol. The molecule has 4 aromatic rings. The van der Waals surface area contributed by atoms with E-state index in [2.05, 4.69) is 0 Å². The van der Waals surface area contributed by atoms with Gasteiger partial charge in [-0.25, -0.2) is 42.1 Å². The molecule has 1 atom stereocenters. The van der Waals surface area contributed by atoms with E-state index >= 15 is 0 Å². The molecule has 0 saturated carbocycles. The van der Waals surface area contributed by atoms with Gasteiger partial charge in [0.05, 0.1) is 87.9 Å². The van der Waals surface area contributed by atoms with E-state index in [9.17, 15) is 79.2 Å². The molecule has 0 spiro atoms. The molecule has 3 heterocycles. The van der Waals surface area contributed by atoms with Crippen molar-refractivity contribution in [1.29, 1.82) is 0 Å². The van der Waals surface area contributed by atoms with Crippen LogP contribution in [0.2, 0.25) is 0 Å². The smallest absolute Gasteiger partial charge is 0.230 e.